The molecule has 28 heavy (non-hydrogen) atoms. The molecular formula is C21H20FN3O3. The third-order valence-electron chi connectivity index (χ3n) is 4.05. The molecule has 6 nitrogen and oxygen atoms in total. The Kier molecular flexibility index (Phi) is 6.16. The minimum atomic E-state index is -0.728. The highest BCUT2D eigenvalue weighted by Crippen LogP contribution is 2.20. The summed E-state index contributed by atoms with van der Waals surface area (Å²) in [6, 6.07) is 14.8. The number of methoxy groups -OCH3 is 1. The first-order chi connectivity index (χ1) is 13.5. The third-order valence-corrected chi connectivity index (χ3v) is 4.05. The summed E-state index contributed by atoms with van der Waals surface area (Å²) in [6.07, 6.45) is 0.729. The molecule has 0 saturated heterocycles. The number of carbonyl (C=O) groups excluding carboxylic acids is 1. The zero-order chi connectivity index (χ0) is 19.9. The van der Waals surface area contributed by atoms with E-state index in [1.807, 2.05) is 30.3 Å². The molecule has 1 amide bonds. The molecule has 0 aliphatic heterocycles. The van der Waals surface area contributed by atoms with E-state index in [0.717, 1.165) is 17.0 Å². The molecule has 1 aromatic heterocycles. The van der Waals surface area contributed by atoms with Crippen molar-refractivity contribution >= 4 is 5.91 Å². The van der Waals surface area contributed by atoms with Crippen molar-refractivity contribution in [3.8, 4) is 22.8 Å². The molecule has 0 aliphatic carbocycles. The van der Waals surface area contributed by atoms with Gasteiger partial charge in [0.25, 0.3) is 5.91 Å². The van der Waals surface area contributed by atoms with Crippen LogP contribution in [0.25, 0.3) is 11.3 Å². The highest BCUT2D eigenvalue weighted by atomic mass is 19.1. The number of ether oxygens (including phenoxy) is 2. The van der Waals surface area contributed by atoms with E-state index < -0.39 is 6.10 Å². The number of nitrogens with one attached hydrogen (secondary N) is 1. The molecule has 3 rings (SSSR count). The summed E-state index contributed by atoms with van der Waals surface area (Å²) in [5.41, 5.74) is 2.34. The number of amides is 1. The van der Waals surface area contributed by atoms with Gasteiger partial charge in [-0.25, -0.2) is 14.4 Å². The second kappa shape index (κ2) is 8.94. The number of rotatable bonds is 7. The summed E-state index contributed by atoms with van der Waals surface area (Å²) in [7, 11) is 1.61. The van der Waals surface area contributed by atoms with Gasteiger partial charge in [0.2, 0.25) is 0 Å². The second-order valence-corrected chi connectivity index (χ2v) is 6.05. The Balaban J connectivity index is 1.59. The zero-order valence-corrected chi connectivity index (χ0v) is 15.6. The molecule has 144 valence electrons. The van der Waals surface area contributed by atoms with Crippen molar-refractivity contribution in [3.05, 3.63) is 72.4 Å². The highest BCUT2D eigenvalue weighted by molar-refractivity contribution is 5.80. The molecular weight excluding hydrogens is 361 g/mol. The van der Waals surface area contributed by atoms with E-state index >= 15 is 0 Å². The van der Waals surface area contributed by atoms with Gasteiger partial charge < -0.3 is 14.8 Å². The van der Waals surface area contributed by atoms with Gasteiger partial charge in [0.15, 0.2) is 6.10 Å². The van der Waals surface area contributed by atoms with Crippen molar-refractivity contribution in [1.82, 2.24) is 15.3 Å². The van der Waals surface area contributed by atoms with Crippen LogP contribution in [0.1, 0.15) is 12.6 Å². The Morgan fingerprint density at radius 2 is 1.75 bits per heavy atom. The van der Waals surface area contributed by atoms with E-state index in [9.17, 15) is 9.18 Å². The molecule has 2 aromatic carbocycles. The van der Waals surface area contributed by atoms with Crippen molar-refractivity contribution in [3.63, 3.8) is 0 Å². The maximum atomic E-state index is 12.9. The Morgan fingerprint density at radius 1 is 1.07 bits per heavy atom. The lowest BCUT2D eigenvalue weighted by molar-refractivity contribution is -0.127. The molecule has 1 N–H and O–H groups in total. The SMILES string of the molecule is COc1ccc(-c2cc(CNC(=O)C(C)Oc3ccc(F)cc3)ncn2)cc1. The van der Waals surface area contributed by atoms with Gasteiger partial charge in [0.1, 0.15) is 23.6 Å². The average molecular weight is 381 g/mol. The quantitative estimate of drug-likeness (QED) is 0.679. The predicted molar refractivity (Wildman–Crippen MR) is 102 cm³/mol. The molecule has 0 saturated carbocycles. The van der Waals surface area contributed by atoms with Gasteiger partial charge in [0, 0.05) is 5.56 Å². The molecule has 1 heterocycles. The largest absolute Gasteiger partial charge is 0.497 e. The van der Waals surface area contributed by atoms with Crippen molar-refractivity contribution in [1.29, 1.82) is 0 Å². The van der Waals surface area contributed by atoms with Gasteiger partial charge in [-0.1, -0.05) is 0 Å². The van der Waals surface area contributed by atoms with Crippen LogP contribution in [0.4, 0.5) is 4.39 Å². The smallest absolute Gasteiger partial charge is 0.261 e. The maximum Gasteiger partial charge on any atom is 0.261 e. The predicted octanol–water partition coefficient (Wildman–Crippen LogP) is 3.38. The van der Waals surface area contributed by atoms with Gasteiger partial charge in [-0.05, 0) is 61.5 Å². The molecule has 0 aliphatic rings. The molecule has 7 heteroatoms. The van der Waals surface area contributed by atoms with Crippen LogP contribution in [-0.2, 0) is 11.3 Å². The summed E-state index contributed by atoms with van der Waals surface area (Å²) in [4.78, 5) is 20.7. The lowest BCUT2D eigenvalue weighted by Gasteiger charge is -2.14. The van der Waals surface area contributed by atoms with Crippen LogP contribution < -0.4 is 14.8 Å². The van der Waals surface area contributed by atoms with Crippen LogP contribution in [0.3, 0.4) is 0 Å². The van der Waals surface area contributed by atoms with Gasteiger partial charge >= 0.3 is 0 Å². The van der Waals surface area contributed by atoms with Crippen molar-refractivity contribution < 1.29 is 18.7 Å². The third kappa shape index (κ3) is 5.03. The first-order valence-electron chi connectivity index (χ1n) is 8.70. The standard InChI is InChI=1S/C21H20FN3O3/c1-14(28-19-9-5-16(22)6-10-19)21(26)23-12-17-11-20(25-13-24-17)15-3-7-18(27-2)8-4-15/h3-11,13-14H,12H2,1-2H3,(H,23,26). The monoisotopic (exact) mass is 381 g/mol. The lowest BCUT2D eigenvalue weighted by atomic mass is 10.1. The van der Waals surface area contributed by atoms with E-state index in [-0.39, 0.29) is 18.3 Å². The Morgan fingerprint density at radius 3 is 2.43 bits per heavy atom. The maximum absolute atomic E-state index is 12.9. The van der Waals surface area contributed by atoms with Crippen LogP contribution in [0.2, 0.25) is 0 Å². The molecule has 0 radical (unpaired) electrons. The molecule has 1 unspecified atom stereocenters. The van der Waals surface area contributed by atoms with E-state index in [1.165, 1.54) is 30.6 Å². The van der Waals surface area contributed by atoms with E-state index in [1.54, 1.807) is 14.0 Å². The summed E-state index contributed by atoms with van der Waals surface area (Å²) in [6.45, 7) is 1.86. The minimum absolute atomic E-state index is 0.238. The Hall–Kier alpha value is -3.48. The Bertz CT molecular complexity index is 930. The van der Waals surface area contributed by atoms with Gasteiger partial charge in [-0.2, -0.15) is 0 Å². The molecule has 0 spiro atoms. The fourth-order valence-corrected chi connectivity index (χ4v) is 2.51. The molecule has 3 aromatic rings. The number of nitrogens with zero attached hydrogens (tertiary/aromatic N) is 2. The summed E-state index contributed by atoms with van der Waals surface area (Å²) in [5.74, 6) is 0.531. The first kappa shape index (κ1) is 19.3. The number of aromatic nitrogens is 2. The van der Waals surface area contributed by atoms with E-state index in [2.05, 4.69) is 15.3 Å². The molecule has 0 fully saturated rings. The normalized spacial score (nSPS) is 11.5. The Labute approximate surface area is 162 Å². The van der Waals surface area contributed by atoms with Gasteiger partial charge in [0.05, 0.1) is 25.0 Å². The number of hydrogen-bond acceptors (Lipinski definition) is 5. The number of carbonyl (C=O) groups is 1. The fourth-order valence-electron chi connectivity index (χ4n) is 2.51. The van der Waals surface area contributed by atoms with Crippen molar-refractivity contribution in [2.24, 2.45) is 0 Å². The fraction of sp³-hybridized carbons (Fsp3) is 0.190. The minimum Gasteiger partial charge on any atom is -0.497 e. The van der Waals surface area contributed by atoms with Crippen molar-refractivity contribution in [2.75, 3.05) is 7.11 Å². The molecule has 1 atom stereocenters. The van der Waals surface area contributed by atoms with Gasteiger partial charge in [-0.15, -0.1) is 0 Å². The second-order valence-electron chi connectivity index (χ2n) is 6.05. The van der Waals surface area contributed by atoms with Crippen LogP contribution in [0.15, 0.2) is 60.9 Å². The van der Waals surface area contributed by atoms with E-state index in [0.29, 0.717) is 11.4 Å². The number of benzene rings is 2. The number of hydrogen-bond donors (Lipinski definition) is 1. The van der Waals surface area contributed by atoms with Crippen LogP contribution in [-0.4, -0.2) is 29.1 Å². The highest BCUT2D eigenvalue weighted by Gasteiger charge is 2.15. The average Bonchev–Trinajstić information content (AvgIpc) is 2.74. The van der Waals surface area contributed by atoms with Crippen LogP contribution in [0.5, 0.6) is 11.5 Å². The van der Waals surface area contributed by atoms with Crippen LogP contribution in [0, 0.1) is 5.82 Å². The van der Waals surface area contributed by atoms with Gasteiger partial charge in [-0.3, -0.25) is 4.79 Å². The van der Waals surface area contributed by atoms with Crippen LogP contribution >= 0.6 is 0 Å². The topological polar surface area (TPSA) is 73.3 Å². The van der Waals surface area contributed by atoms with Crippen molar-refractivity contribution in [2.45, 2.75) is 19.6 Å². The zero-order valence-electron chi connectivity index (χ0n) is 15.6. The first-order valence-corrected chi connectivity index (χ1v) is 8.70. The van der Waals surface area contributed by atoms with E-state index in [4.69, 9.17) is 9.47 Å². The summed E-state index contributed by atoms with van der Waals surface area (Å²) in [5, 5.41) is 2.78. The summed E-state index contributed by atoms with van der Waals surface area (Å²) >= 11 is 0. The lowest BCUT2D eigenvalue weighted by Crippen LogP contribution is -2.36. The number of halogens is 1. The summed E-state index contributed by atoms with van der Waals surface area (Å²) < 4.78 is 23.6. The molecule has 0 bridgehead atoms.